The second-order valence-corrected chi connectivity index (χ2v) is 6.17. The van der Waals surface area contributed by atoms with Gasteiger partial charge in [0.15, 0.2) is 6.10 Å². The van der Waals surface area contributed by atoms with Gasteiger partial charge in [-0.3, -0.25) is 9.59 Å². The molecular weight excluding hydrogens is 344 g/mol. The highest BCUT2D eigenvalue weighted by atomic mass is 16.5. The first-order valence-electron chi connectivity index (χ1n) is 8.69. The van der Waals surface area contributed by atoms with Gasteiger partial charge >= 0.3 is 5.97 Å². The number of carbonyl (C=O) groups excluding carboxylic acids is 2. The fourth-order valence-electron chi connectivity index (χ4n) is 2.77. The number of nitrogens with one attached hydrogen (secondary N) is 2. The summed E-state index contributed by atoms with van der Waals surface area (Å²) in [6.07, 6.45) is -0.280. The summed E-state index contributed by atoms with van der Waals surface area (Å²) in [6.45, 7) is 1.95. The third-order valence-electron chi connectivity index (χ3n) is 4.18. The van der Waals surface area contributed by atoms with Crippen molar-refractivity contribution in [2.24, 2.45) is 0 Å². The molecule has 0 radical (unpaired) electrons. The fraction of sp³-hybridized carbons (Fsp3) is 0.190. The fourth-order valence-corrected chi connectivity index (χ4v) is 2.77. The number of aromatic amines is 1. The molecular formula is C21H20N2O4. The number of ether oxygens (including phenoxy) is 1. The molecule has 27 heavy (non-hydrogen) atoms. The van der Waals surface area contributed by atoms with Crippen molar-refractivity contribution in [2.45, 2.75) is 19.4 Å². The summed E-state index contributed by atoms with van der Waals surface area (Å²) in [6, 6.07) is 17.9. The standard InChI is InChI=1S/C21H20N2O4/c1-14(20(25)22-12-11-15-7-3-2-4-8-15)27-21(26)17-13-19(24)23-18-10-6-5-9-16(17)18/h2-10,13-14H,11-12H2,1H3,(H,22,25)(H,23,24)/t14-/m1/s1. The highest BCUT2D eigenvalue weighted by Gasteiger charge is 2.20. The molecule has 0 bridgehead atoms. The maximum Gasteiger partial charge on any atom is 0.339 e. The van der Waals surface area contributed by atoms with Crippen LogP contribution in [0.25, 0.3) is 10.9 Å². The number of carbonyl (C=O) groups is 2. The number of amides is 1. The minimum absolute atomic E-state index is 0.137. The number of esters is 1. The van der Waals surface area contributed by atoms with E-state index in [1.54, 1.807) is 24.3 Å². The second-order valence-electron chi connectivity index (χ2n) is 6.17. The zero-order valence-electron chi connectivity index (χ0n) is 14.9. The van der Waals surface area contributed by atoms with Gasteiger partial charge in [-0.2, -0.15) is 0 Å². The van der Waals surface area contributed by atoms with Gasteiger partial charge in [-0.15, -0.1) is 0 Å². The Morgan fingerprint density at radius 1 is 1.07 bits per heavy atom. The molecule has 1 heterocycles. The Labute approximate surface area is 156 Å². The average Bonchev–Trinajstić information content (AvgIpc) is 2.67. The molecule has 0 aliphatic rings. The van der Waals surface area contributed by atoms with E-state index in [9.17, 15) is 14.4 Å². The molecule has 0 saturated heterocycles. The van der Waals surface area contributed by atoms with Crippen LogP contribution in [0.2, 0.25) is 0 Å². The van der Waals surface area contributed by atoms with Crippen LogP contribution in [0.5, 0.6) is 0 Å². The van der Waals surface area contributed by atoms with Gasteiger partial charge < -0.3 is 15.0 Å². The minimum atomic E-state index is -0.966. The van der Waals surface area contributed by atoms with Gasteiger partial charge in [0, 0.05) is 23.5 Å². The van der Waals surface area contributed by atoms with Crippen LogP contribution in [0, 0.1) is 0 Å². The molecule has 0 unspecified atom stereocenters. The summed E-state index contributed by atoms with van der Waals surface area (Å²) >= 11 is 0. The van der Waals surface area contributed by atoms with Gasteiger partial charge in [0.1, 0.15) is 0 Å². The monoisotopic (exact) mass is 364 g/mol. The Hall–Kier alpha value is -3.41. The lowest BCUT2D eigenvalue weighted by atomic mass is 10.1. The van der Waals surface area contributed by atoms with Crippen molar-refractivity contribution in [3.63, 3.8) is 0 Å². The topological polar surface area (TPSA) is 88.3 Å². The summed E-state index contributed by atoms with van der Waals surface area (Å²) in [5, 5.41) is 3.32. The van der Waals surface area contributed by atoms with Crippen LogP contribution < -0.4 is 10.9 Å². The molecule has 138 valence electrons. The largest absolute Gasteiger partial charge is 0.449 e. The molecule has 0 fully saturated rings. The van der Waals surface area contributed by atoms with Crippen LogP contribution in [-0.2, 0) is 16.0 Å². The van der Waals surface area contributed by atoms with Crippen molar-refractivity contribution in [2.75, 3.05) is 6.54 Å². The normalized spacial score (nSPS) is 11.7. The lowest BCUT2D eigenvalue weighted by molar-refractivity contribution is -0.129. The molecule has 1 atom stereocenters. The Kier molecular flexibility index (Phi) is 5.66. The van der Waals surface area contributed by atoms with E-state index < -0.39 is 17.6 Å². The first-order valence-corrected chi connectivity index (χ1v) is 8.69. The molecule has 1 amide bonds. The van der Waals surface area contributed by atoms with Crippen LogP contribution >= 0.6 is 0 Å². The van der Waals surface area contributed by atoms with Crippen LogP contribution in [0.15, 0.2) is 65.5 Å². The molecule has 0 spiro atoms. The number of fused-ring (bicyclic) bond motifs is 1. The SMILES string of the molecule is C[C@@H](OC(=O)c1cc(=O)[nH]c2ccccc12)C(=O)NCCc1ccccc1. The predicted octanol–water partition coefficient (Wildman–Crippen LogP) is 2.43. The van der Waals surface area contributed by atoms with Gasteiger partial charge in [-0.05, 0) is 25.0 Å². The molecule has 1 aromatic heterocycles. The molecule has 6 nitrogen and oxygen atoms in total. The maximum absolute atomic E-state index is 12.5. The van der Waals surface area contributed by atoms with Crippen LogP contribution in [0.3, 0.4) is 0 Å². The average molecular weight is 364 g/mol. The predicted molar refractivity (Wildman–Crippen MR) is 103 cm³/mol. The van der Waals surface area contributed by atoms with Crippen molar-refractivity contribution in [3.8, 4) is 0 Å². The number of aromatic nitrogens is 1. The van der Waals surface area contributed by atoms with E-state index in [4.69, 9.17) is 4.74 Å². The van der Waals surface area contributed by atoms with Crippen molar-refractivity contribution in [3.05, 3.63) is 82.1 Å². The molecule has 0 aliphatic carbocycles. The smallest absolute Gasteiger partial charge is 0.339 e. The maximum atomic E-state index is 12.5. The Bertz CT molecular complexity index is 1010. The van der Waals surface area contributed by atoms with Crippen molar-refractivity contribution in [1.82, 2.24) is 10.3 Å². The molecule has 3 aromatic rings. The molecule has 0 aliphatic heterocycles. The summed E-state index contributed by atoms with van der Waals surface area (Å²) in [4.78, 5) is 39.1. The number of para-hydroxylation sites is 1. The van der Waals surface area contributed by atoms with E-state index >= 15 is 0 Å². The Morgan fingerprint density at radius 3 is 2.56 bits per heavy atom. The van der Waals surface area contributed by atoms with E-state index in [-0.39, 0.29) is 11.5 Å². The van der Waals surface area contributed by atoms with Crippen LogP contribution in [0.1, 0.15) is 22.8 Å². The number of hydrogen-bond donors (Lipinski definition) is 2. The van der Waals surface area contributed by atoms with E-state index in [0.29, 0.717) is 23.9 Å². The summed E-state index contributed by atoms with van der Waals surface area (Å²) in [7, 11) is 0. The van der Waals surface area contributed by atoms with E-state index in [1.807, 2.05) is 30.3 Å². The lowest BCUT2D eigenvalue weighted by Crippen LogP contribution is -2.37. The van der Waals surface area contributed by atoms with Crippen molar-refractivity contribution in [1.29, 1.82) is 0 Å². The van der Waals surface area contributed by atoms with Gasteiger partial charge in [-0.25, -0.2) is 4.79 Å². The van der Waals surface area contributed by atoms with Crippen LogP contribution in [-0.4, -0.2) is 29.5 Å². The molecule has 2 aromatic carbocycles. The Morgan fingerprint density at radius 2 is 1.78 bits per heavy atom. The lowest BCUT2D eigenvalue weighted by Gasteiger charge is -2.14. The number of hydrogen-bond acceptors (Lipinski definition) is 4. The zero-order chi connectivity index (χ0) is 19.2. The van der Waals surface area contributed by atoms with Gasteiger partial charge in [0.2, 0.25) is 5.56 Å². The molecule has 6 heteroatoms. The summed E-state index contributed by atoms with van der Waals surface area (Å²) < 4.78 is 5.26. The first-order chi connectivity index (χ1) is 13.0. The van der Waals surface area contributed by atoms with E-state index in [1.165, 1.54) is 13.0 Å². The zero-order valence-corrected chi connectivity index (χ0v) is 14.9. The number of benzene rings is 2. The van der Waals surface area contributed by atoms with Crippen molar-refractivity contribution < 1.29 is 14.3 Å². The number of rotatable bonds is 6. The first kappa shape index (κ1) is 18.4. The highest BCUT2D eigenvalue weighted by Crippen LogP contribution is 2.16. The van der Waals surface area contributed by atoms with Gasteiger partial charge in [0.05, 0.1) is 5.56 Å². The van der Waals surface area contributed by atoms with E-state index in [2.05, 4.69) is 10.3 Å². The van der Waals surface area contributed by atoms with E-state index in [0.717, 1.165) is 5.56 Å². The minimum Gasteiger partial charge on any atom is -0.449 e. The number of pyridine rings is 1. The van der Waals surface area contributed by atoms with Crippen LogP contribution in [0.4, 0.5) is 0 Å². The highest BCUT2D eigenvalue weighted by molar-refractivity contribution is 6.03. The van der Waals surface area contributed by atoms with Crippen molar-refractivity contribution >= 4 is 22.8 Å². The quantitative estimate of drug-likeness (QED) is 0.658. The summed E-state index contributed by atoms with van der Waals surface area (Å²) in [5.41, 5.74) is 1.38. The third-order valence-corrected chi connectivity index (χ3v) is 4.18. The van der Waals surface area contributed by atoms with Gasteiger partial charge in [-0.1, -0.05) is 48.5 Å². The second kappa shape index (κ2) is 8.31. The van der Waals surface area contributed by atoms with Gasteiger partial charge in [0.25, 0.3) is 5.91 Å². The summed E-state index contributed by atoms with van der Waals surface area (Å²) in [5.74, 6) is -1.09. The number of H-pyrrole nitrogens is 1. The molecule has 3 rings (SSSR count). The molecule has 2 N–H and O–H groups in total. The molecule has 0 saturated carbocycles. The third kappa shape index (κ3) is 4.61. The Balaban J connectivity index is 1.62.